The van der Waals surface area contributed by atoms with Gasteiger partial charge in [-0.1, -0.05) is 20.8 Å². The van der Waals surface area contributed by atoms with Crippen molar-refractivity contribution in [3.63, 3.8) is 0 Å². The lowest BCUT2D eigenvalue weighted by molar-refractivity contribution is 0.198. The van der Waals surface area contributed by atoms with Crippen molar-refractivity contribution in [3.8, 4) is 0 Å². The number of hydrogen-bond donors (Lipinski definition) is 1. The van der Waals surface area contributed by atoms with Crippen LogP contribution in [0.15, 0.2) is 6.33 Å². The first-order valence-electron chi connectivity index (χ1n) is 8.70. The van der Waals surface area contributed by atoms with Gasteiger partial charge < -0.3 is 14.6 Å². The van der Waals surface area contributed by atoms with Crippen molar-refractivity contribution < 1.29 is 5.11 Å². The maximum Gasteiger partial charge on any atom is 0.170 e. The third-order valence-electron chi connectivity index (χ3n) is 4.60. The van der Waals surface area contributed by atoms with Gasteiger partial charge in [0.05, 0.1) is 19.0 Å². The predicted molar refractivity (Wildman–Crippen MR) is 94.8 cm³/mol. The molecule has 10 nitrogen and oxygen atoms in total. The molecule has 3 aromatic heterocycles. The Hall–Kier alpha value is -2.62. The molecule has 0 saturated carbocycles. The Bertz CT molecular complexity index is 939. The molecule has 1 unspecified atom stereocenters. The lowest BCUT2D eigenvalue weighted by Crippen LogP contribution is -2.25. The van der Waals surface area contributed by atoms with E-state index in [0.29, 0.717) is 13.1 Å². The van der Waals surface area contributed by atoms with Gasteiger partial charge in [0.15, 0.2) is 22.8 Å². The standard InChI is InChI=1S/C16H23N9O/c1-16(2,3)15-18-13(24-6-5-10(26)7-24)12-14(19-15)25(9-17-12)8-11-20-21-22-23(11)4/h9-10,26H,5-8H2,1-4H3. The van der Waals surface area contributed by atoms with Gasteiger partial charge in [-0.2, -0.15) is 0 Å². The fourth-order valence-corrected chi connectivity index (χ4v) is 3.07. The molecule has 1 aliphatic rings. The number of anilines is 1. The van der Waals surface area contributed by atoms with Gasteiger partial charge in [0, 0.05) is 25.6 Å². The van der Waals surface area contributed by atoms with E-state index in [1.54, 1.807) is 18.1 Å². The molecule has 1 atom stereocenters. The average molecular weight is 357 g/mol. The van der Waals surface area contributed by atoms with Crippen LogP contribution in [-0.4, -0.2) is 64.0 Å². The summed E-state index contributed by atoms with van der Waals surface area (Å²) in [5.41, 5.74) is 1.29. The van der Waals surface area contributed by atoms with Crippen molar-refractivity contribution in [2.75, 3.05) is 18.0 Å². The minimum atomic E-state index is -0.329. The van der Waals surface area contributed by atoms with E-state index >= 15 is 0 Å². The number of aryl methyl sites for hydroxylation is 1. The minimum Gasteiger partial charge on any atom is -0.391 e. The molecule has 4 heterocycles. The summed E-state index contributed by atoms with van der Waals surface area (Å²) in [5, 5.41) is 21.5. The Morgan fingerprint density at radius 1 is 1.27 bits per heavy atom. The van der Waals surface area contributed by atoms with E-state index in [1.165, 1.54) is 0 Å². The lowest BCUT2D eigenvalue weighted by Gasteiger charge is -2.22. The zero-order valence-corrected chi connectivity index (χ0v) is 15.5. The van der Waals surface area contributed by atoms with Crippen LogP contribution in [0.3, 0.4) is 0 Å². The maximum absolute atomic E-state index is 9.93. The van der Waals surface area contributed by atoms with Crippen molar-refractivity contribution in [2.45, 2.75) is 45.3 Å². The van der Waals surface area contributed by atoms with E-state index < -0.39 is 0 Å². The van der Waals surface area contributed by atoms with E-state index in [9.17, 15) is 5.11 Å². The Morgan fingerprint density at radius 3 is 2.69 bits per heavy atom. The van der Waals surface area contributed by atoms with E-state index in [1.807, 2.05) is 4.57 Å². The van der Waals surface area contributed by atoms with Crippen molar-refractivity contribution >= 4 is 17.0 Å². The van der Waals surface area contributed by atoms with Crippen LogP contribution in [0.4, 0.5) is 5.82 Å². The fourth-order valence-electron chi connectivity index (χ4n) is 3.07. The molecule has 1 N–H and O–H groups in total. The van der Waals surface area contributed by atoms with Crippen LogP contribution in [0.25, 0.3) is 11.2 Å². The topological polar surface area (TPSA) is 111 Å². The SMILES string of the molecule is Cn1nnnc1Cn1cnc2c(N3CCC(O)C3)nc(C(C)(C)C)nc21. The number of β-amino-alcohol motifs (C(OH)–C–C–N with tert-alkyl or cyclic N) is 1. The number of aliphatic hydroxyl groups is 1. The average Bonchev–Trinajstić information content (AvgIpc) is 3.28. The number of aromatic nitrogens is 8. The minimum absolute atomic E-state index is 0.206. The van der Waals surface area contributed by atoms with Gasteiger partial charge in [0.1, 0.15) is 5.82 Å². The van der Waals surface area contributed by atoms with Gasteiger partial charge in [-0.25, -0.2) is 19.6 Å². The lowest BCUT2D eigenvalue weighted by atomic mass is 9.96. The van der Waals surface area contributed by atoms with Crippen molar-refractivity contribution in [3.05, 3.63) is 18.0 Å². The van der Waals surface area contributed by atoms with Crippen LogP contribution < -0.4 is 4.90 Å². The summed E-state index contributed by atoms with van der Waals surface area (Å²) in [6, 6.07) is 0. The Labute approximate surface area is 150 Å². The quantitative estimate of drug-likeness (QED) is 0.711. The molecule has 0 amide bonds. The summed E-state index contributed by atoms with van der Waals surface area (Å²) in [7, 11) is 1.81. The molecule has 26 heavy (non-hydrogen) atoms. The summed E-state index contributed by atoms with van der Waals surface area (Å²) in [6.07, 6.45) is 2.16. The molecule has 3 aromatic rings. The molecule has 1 fully saturated rings. The number of fused-ring (bicyclic) bond motifs is 1. The third-order valence-corrected chi connectivity index (χ3v) is 4.60. The zero-order valence-electron chi connectivity index (χ0n) is 15.5. The molecule has 1 aliphatic heterocycles. The number of rotatable bonds is 3. The number of hydrogen-bond acceptors (Lipinski definition) is 8. The van der Waals surface area contributed by atoms with Gasteiger partial charge in [-0.05, 0) is 16.8 Å². The summed E-state index contributed by atoms with van der Waals surface area (Å²) >= 11 is 0. The molecule has 1 saturated heterocycles. The molecule has 10 heteroatoms. The summed E-state index contributed by atoms with van der Waals surface area (Å²) < 4.78 is 3.57. The first kappa shape index (κ1) is 16.8. The molecule has 0 spiro atoms. The number of tetrazole rings is 1. The second-order valence-electron chi connectivity index (χ2n) is 7.77. The second-order valence-corrected chi connectivity index (χ2v) is 7.77. The molecule has 4 rings (SSSR count). The summed E-state index contributed by atoms with van der Waals surface area (Å²) in [5.74, 6) is 2.25. The van der Waals surface area contributed by atoms with Gasteiger partial charge in [-0.15, -0.1) is 5.10 Å². The van der Waals surface area contributed by atoms with Crippen LogP contribution in [0, 0.1) is 0 Å². The van der Waals surface area contributed by atoms with Gasteiger partial charge in [0.2, 0.25) is 0 Å². The van der Waals surface area contributed by atoms with Crippen molar-refractivity contribution in [2.24, 2.45) is 7.05 Å². The first-order valence-corrected chi connectivity index (χ1v) is 8.70. The summed E-state index contributed by atoms with van der Waals surface area (Å²) in [4.78, 5) is 16.2. The van der Waals surface area contributed by atoms with Crippen LogP contribution in [0.2, 0.25) is 0 Å². The molecule has 0 aliphatic carbocycles. The van der Waals surface area contributed by atoms with E-state index in [4.69, 9.17) is 9.97 Å². The molecular weight excluding hydrogens is 334 g/mol. The molecule has 0 radical (unpaired) electrons. The Kier molecular flexibility index (Phi) is 3.87. The van der Waals surface area contributed by atoms with Crippen LogP contribution in [0.1, 0.15) is 38.8 Å². The fraction of sp³-hybridized carbons (Fsp3) is 0.625. The van der Waals surface area contributed by atoms with E-state index in [2.05, 4.69) is 46.2 Å². The highest BCUT2D eigenvalue weighted by Gasteiger charge is 2.28. The van der Waals surface area contributed by atoms with Crippen LogP contribution >= 0.6 is 0 Å². The maximum atomic E-state index is 9.93. The van der Waals surface area contributed by atoms with Gasteiger partial charge in [-0.3, -0.25) is 0 Å². The van der Waals surface area contributed by atoms with Crippen LogP contribution in [-0.2, 0) is 19.0 Å². The molecular formula is C16H23N9O. The van der Waals surface area contributed by atoms with E-state index in [-0.39, 0.29) is 11.5 Å². The number of aliphatic hydroxyl groups excluding tert-OH is 1. The highest BCUT2D eigenvalue weighted by molar-refractivity contribution is 5.84. The second kappa shape index (κ2) is 5.97. The van der Waals surface area contributed by atoms with Crippen molar-refractivity contribution in [1.29, 1.82) is 0 Å². The monoisotopic (exact) mass is 357 g/mol. The Morgan fingerprint density at radius 2 is 2.08 bits per heavy atom. The molecule has 138 valence electrons. The Balaban J connectivity index is 1.84. The highest BCUT2D eigenvalue weighted by Crippen LogP contribution is 2.29. The summed E-state index contributed by atoms with van der Waals surface area (Å²) in [6.45, 7) is 8.06. The zero-order chi connectivity index (χ0) is 18.5. The smallest absolute Gasteiger partial charge is 0.170 e. The predicted octanol–water partition coefficient (Wildman–Crippen LogP) is 0.267. The molecule has 0 bridgehead atoms. The largest absolute Gasteiger partial charge is 0.391 e. The van der Waals surface area contributed by atoms with Gasteiger partial charge >= 0.3 is 0 Å². The highest BCUT2D eigenvalue weighted by atomic mass is 16.3. The number of nitrogens with zero attached hydrogens (tertiary/aromatic N) is 9. The molecule has 0 aromatic carbocycles. The van der Waals surface area contributed by atoms with Crippen LogP contribution in [0.5, 0.6) is 0 Å². The van der Waals surface area contributed by atoms with Gasteiger partial charge in [0.25, 0.3) is 0 Å². The van der Waals surface area contributed by atoms with E-state index in [0.717, 1.165) is 41.6 Å². The third kappa shape index (κ3) is 2.90. The van der Waals surface area contributed by atoms with Crippen molar-refractivity contribution in [1.82, 2.24) is 39.7 Å². The normalized spacial score (nSPS) is 18.2. The first-order chi connectivity index (χ1) is 12.3. The number of imidazole rings is 1.